The first-order chi connectivity index (χ1) is 12.1. The Morgan fingerprint density at radius 1 is 0.880 bits per heavy atom. The molecule has 1 amide bonds. The highest BCUT2D eigenvalue weighted by Crippen LogP contribution is 2.12. The van der Waals surface area contributed by atoms with Crippen LogP contribution in [0.15, 0.2) is 54.6 Å². The number of anilines is 1. The van der Waals surface area contributed by atoms with Crippen molar-refractivity contribution in [3.05, 3.63) is 65.7 Å². The lowest BCUT2D eigenvalue weighted by atomic mass is 10.1. The standard InChI is InChI=1S/C19H19NO5/c1-2-24-13-18(22)25-12-17(21)14-8-10-16(11-9-14)20-19(23)15-6-4-3-5-7-15/h3-11H,2,12-13H2,1H3,(H,20,23). The summed E-state index contributed by atoms with van der Waals surface area (Å²) in [5.74, 6) is -1.14. The maximum absolute atomic E-state index is 12.0. The number of Topliss-reactive ketones (excluding diaryl/α,β-unsaturated/α-hetero) is 1. The Bertz CT molecular complexity index is 725. The molecule has 0 radical (unpaired) electrons. The highest BCUT2D eigenvalue weighted by molar-refractivity contribution is 6.04. The minimum absolute atomic E-state index is 0.172. The van der Waals surface area contributed by atoms with Crippen LogP contribution in [-0.4, -0.2) is 37.5 Å². The lowest BCUT2D eigenvalue weighted by molar-refractivity contribution is -0.147. The summed E-state index contributed by atoms with van der Waals surface area (Å²) in [6.45, 7) is 1.64. The van der Waals surface area contributed by atoms with Crippen LogP contribution in [-0.2, 0) is 14.3 Å². The highest BCUT2D eigenvalue weighted by Gasteiger charge is 2.11. The van der Waals surface area contributed by atoms with Gasteiger partial charge in [0.2, 0.25) is 0 Å². The monoisotopic (exact) mass is 341 g/mol. The molecule has 2 aromatic rings. The smallest absolute Gasteiger partial charge is 0.332 e. The minimum Gasteiger partial charge on any atom is -0.456 e. The van der Waals surface area contributed by atoms with Crippen LogP contribution in [0.3, 0.4) is 0 Å². The number of nitrogens with one attached hydrogen (secondary N) is 1. The fourth-order valence-corrected chi connectivity index (χ4v) is 1.99. The van der Waals surface area contributed by atoms with Crippen molar-refractivity contribution in [1.29, 1.82) is 0 Å². The van der Waals surface area contributed by atoms with Crippen molar-refractivity contribution in [3.8, 4) is 0 Å². The Morgan fingerprint density at radius 3 is 2.20 bits per heavy atom. The van der Waals surface area contributed by atoms with Crippen LogP contribution >= 0.6 is 0 Å². The second-order valence-electron chi connectivity index (χ2n) is 5.12. The van der Waals surface area contributed by atoms with E-state index in [2.05, 4.69) is 5.32 Å². The predicted octanol–water partition coefficient (Wildman–Crippen LogP) is 2.70. The van der Waals surface area contributed by atoms with Gasteiger partial charge in [-0.05, 0) is 43.3 Å². The second-order valence-corrected chi connectivity index (χ2v) is 5.12. The van der Waals surface area contributed by atoms with E-state index in [4.69, 9.17) is 9.47 Å². The van der Waals surface area contributed by atoms with E-state index < -0.39 is 5.97 Å². The highest BCUT2D eigenvalue weighted by atomic mass is 16.6. The molecule has 0 atom stereocenters. The number of ether oxygens (including phenoxy) is 2. The zero-order chi connectivity index (χ0) is 18.1. The molecule has 2 aromatic carbocycles. The van der Waals surface area contributed by atoms with Gasteiger partial charge in [-0.2, -0.15) is 0 Å². The second kappa shape index (κ2) is 9.34. The van der Waals surface area contributed by atoms with Crippen molar-refractivity contribution in [2.75, 3.05) is 25.1 Å². The Kier molecular flexibility index (Phi) is 6.86. The Balaban J connectivity index is 1.87. The molecule has 0 fully saturated rings. The number of benzene rings is 2. The van der Waals surface area contributed by atoms with E-state index in [-0.39, 0.29) is 24.9 Å². The number of amides is 1. The summed E-state index contributed by atoms with van der Waals surface area (Å²) in [5, 5.41) is 2.75. The maximum Gasteiger partial charge on any atom is 0.332 e. The number of hydrogen-bond donors (Lipinski definition) is 1. The van der Waals surface area contributed by atoms with Gasteiger partial charge in [0, 0.05) is 23.4 Å². The summed E-state index contributed by atoms with van der Waals surface area (Å²) in [6, 6.07) is 15.2. The maximum atomic E-state index is 12.0. The molecule has 0 spiro atoms. The Labute approximate surface area is 145 Å². The first kappa shape index (κ1) is 18.4. The van der Waals surface area contributed by atoms with E-state index in [9.17, 15) is 14.4 Å². The molecule has 0 saturated carbocycles. The molecule has 0 aromatic heterocycles. The van der Waals surface area contributed by atoms with Gasteiger partial charge < -0.3 is 14.8 Å². The van der Waals surface area contributed by atoms with Crippen molar-refractivity contribution >= 4 is 23.3 Å². The number of hydrogen-bond acceptors (Lipinski definition) is 5. The van der Waals surface area contributed by atoms with Gasteiger partial charge in [0.1, 0.15) is 6.61 Å². The molecule has 130 valence electrons. The van der Waals surface area contributed by atoms with Crippen molar-refractivity contribution < 1.29 is 23.9 Å². The number of ketones is 1. The number of carbonyl (C=O) groups is 3. The first-order valence-electron chi connectivity index (χ1n) is 7.83. The molecule has 0 aliphatic carbocycles. The van der Waals surface area contributed by atoms with Crippen molar-refractivity contribution in [2.45, 2.75) is 6.92 Å². The zero-order valence-corrected chi connectivity index (χ0v) is 13.9. The van der Waals surface area contributed by atoms with Crippen LogP contribution in [0.2, 0.25) is 0 Å². The van der Waals surface area contributed by atoms with E-state index >= 15 is 0 Å². The summed E-state index contributed by atoms with van der Waals surface area (Å²) in [7, 11) is 0. The normalized spacial score (nSPS) is 10.1. The third-order valence-electron chi connectivity index (χ3n) is 3.29. The summed E-state index contributed by atoms with van der Waals surface area (Å²) in [5.41, 5.74) is 1.50. The molecule has 0 heterocycles. The van der Waals surface area contributed by atoms with Gasteiger partial charge in [0.05, 0.1) is 0 Å². The lowest BCUT2D eigenvalue weighted by Crippen LogP contribution is -2.18. The summed E-state index contributed by atoms with van der Waals surface area (Å²) >= 11 is 0. The number of carbonyl (C=O) groups excluding carboxylic acids is 3. The molecular formula is C19H19NO5. The van der Waals surface area contributed by atoms with Gasteiger partial charge in [-0.1, -0.05) is 18.2 Å². The van der Waals surface area contributed by atoms with Gasteiger partial charge in [-0.15, -0.1) is 0 Å². The molecule has 25 heavy (non-hydrogen) atoms. The van der Waals surface area contributed by atoms with Crippen LogP contribution in [0.25, 0.3) is 0 Å². The minimum atomic E-state index is -0.582. The first-order valence-corrected chi connectivity index (χ1v) is 7.83. The third kappa shape index (κ3) is 5.86. The van der Waals surface area contributed by atoms with Gasteiger partial charge in [0.15, 0.2) is 12.4 Å². The van der Waals surface area contributed by atoms with Crippen LogP contribution in [0, 0.1) is 0 Å². The number of rotatable bonds is 8. The van der Waals surface area contributed by atoms with E-state index in [1.54, 1.807) is 55.5 Å². The van der Waals surface area contributed by atoms with Gasteiger partial charge >= 0.3 is 5.97 Å². The molecule has 0 bridgehead atoms. The van der Waals surface area contributed by atoms with Gasteiger partial charge in [-0.25, -0.2) is 4.79 Å². The van der Waals surface area contributed by atoms with Crippen LogP contribution in [0.1, 0.15) is 27.6 Å². The van der Waals surface area contributed by atoms with E-state index in [0.29, 0.717) is 23.4 Å². The molecule has 0 aliphatic heterocycles. The summed E-state index contributed by atoms with van der Waals surface area (Å²) in [6.07, 6.45) is 0. The largest absolute Gasteiger partial charge is 0.456 e. The molecule has 0 saturated heterocycles. The molecular weight excluding hydrogens is 322 g/mol. The van der Waals surface area contributed by atoms with Crippen LogP contribution in [0.5, 0.6) is 0 Å². The average molecular weight is 341 g/mol. The molecule has 2 rings (SSSR count). The van der Waals surface area contributed by atoms with Crippen molar-refractivity contribution in [2.24, 2.45) is 0 Å². The fraction of sp³-hybridized carbons (Fsp3) is 0.211. The van der Waals surface area contributed by atoms with Gasteiger partial charge in [-0.3, -0.25) is 9.59 Å². The Morgan fingerprint density at radius 2 is 1.56 bits per heavy atom. The molecule has 6 nitrogen and oxygen atoms in total. The predicted molar refractivity (Wildman–Crippen MR) is 92.6 cm³/mol. The van der Waals surface area contributed by atoms with Crippen molar-refractivity contribution in [3.63, 3.8) is 0 Å². The van der Waals surface area contributed by atoms with E-state index in [1.807, 2.05) is 6.07 Å². The third-order valence-corrected chi connectivity index (χ3v) is 3.29. The number of esters is 1. The zero-order valence-electron chi connectivity index (χ0n) is 13.9. The van der Waals surface area contributed by atoms with Crippen molar-refractivity contribution in [1.82, 2.24) is 0 Å². The summed E-state index contributed by atoms with van der Waals surface area (Å²) < 4.78 is 9.73. The van der Waals surface area contributed by atoms with Gasteiger partial charge in [0.25, 0.3) is 5.91 Å². The average Bonchev–Trinajstić information content (AvgIpc) is 2.65. The molecule has 0 aliphatic rings. The van der Waals surface area contributed by atoms with E-state index in [0.717, 1.165) is 0 Å². The fourth-order valence-electron chi connectivity index (χ4n) is 1.99. The van der Waals surface area contributed by atoms with E-state index in [1.165, 1.54) is 0 Å². The quantitative estimate of drug-likeness (QED) is 0.590. The van der Waals surface area contributed by atoms with Crippen LogP contribution < -0.4 is 5.32 Å². The van der Waals surface area contributed by atoms with Crippen LogP contribution in [0.4, 0.5) is 5.69 Å². The summed E-state index contributed by atoms with van der Waals surface area (Å²) in [4.78, 5) is 35.3. The molecule has 6 heteroatoms. The lowest BCUT2D eigenvalue weighted by Gasteiger charge is -2.07. The molecule has 1 N–H and O–H groups in total. The molecule has 0 unspecified atom stereocenters. The topological polar surface area (TPSA) is 81.7 Å². The SMILES string of the molecule is CCOCC(=O)OCC(=O)c1ccc(NC(=O)c2ccccc2)cc1. The Hall–Kier alpha value is -2.99.